The van der Waals surface area contributed by atoms with Crippen LogP contribution in [0, 0.1) is 0 Å². The van der Waals surface area contributed by atoms with Gasteiger partial charge in [-0.3, -0.25) is 15.3 Å². The van der Waals surface area contributed by atoms with E-state index >= 15 is 0 Å². The number of nitrogens with zero attached hydrogens (tertiary/aromatic N) is 2. The molecule has 0 aromatic carbocycles. The van der Waals surface area contributed by atoms with Gasteiger partial charge in [-0.1, -0.05) is 71.6 Å². The van der Waals surface area contributed by atoms with Gasteiger partial charge in [0.25, 0.3) is 0 Å². The first kappa shape index (κ1) is 20.7. The molecule has 0 heterocycles. The molecule has 130 valence electrons. The van der Waals surface area contributed by atoms with Crippen LogP contribution >= 0.6 is 0 Å². The van der Waals surface area contributed by atoms with Gasteiger partial charge >= 0.3 is 0 Å². The van der Waals surface area contributed by atoms with Crippen molar-refractivity contribution >= 4 is 11.9 Å². The SMILES string of the molecule is CCCCCCCCN=C(N)NC(N)=NCCCCCCC. The molecule has 0 aliphatic carbocycles. The summed E-state index contributed by atoms with van der Waals surface area (Å²) in [5, 5.41) is 2.85. The summed E-state index contributed by atoms with van der Waals surface area (Å²) in [5.74, 6) is 0.750. The smallest absolute Gasteiger partial charge is 0.195 e. The Bertz CT molecular complexity index is 299. The number of nitrogens with one attached hydrogen (secondary N) is 1. The fourth-order valence-corrected chi connectivity index (χ4v) is 2.22. The lowest BCUT2D eigenvalue weighted by atomic mass is 10.1. The van der Waals surface area contributed by atoms with Gasteiger partial charge in [0.1, 0.15) is 0 Å². The van der Waals surface area contributed by atoms with Crippen molar-refractivity contribution in [1.82, 2.24) is 5.32 Å². The van der Waals surface area contributed by atoms with Crippen LogP contribution in [0.2, 0.25) is 0 Å². The van der Waals surface area contributed by atoms with Crippen molar-refractivity contribution in [2.24, 2.45) is 21.5 Å². The van der Waals surface area contributed by atoms with E-state index in [4.69, 9.17) is 11.5 Å². The number of rotatable bonds is 13. The van der Waals surface area contributed by atoms with Crippen LogP contribution in [-0.4, -0.2) is 25.0 Å². The lowest BCUT2D eigenvalue weighted by Gasteiger charge is -2.05. The molecule has 0 unspecified atom stereocenters. The van der Waals surface area contributed by atoms with Gasteiger partial charge in [-0.2, -0.15) is 0 Å². The van der Waals surface area contributed by atoms with Crippen LogP contribution in [0.4, 0.5) is 0 Å². The van der Waals surface area contributed by atoms with Crippen LogP contribution in [0.3, 0.4) is 0 Å². The van der Waals surface area contributed by atoms with E-state index in [0.29, 0.717) is 11.9 Å². The van der Waals surface area contributed by atoms with Crippen LogP contribution in [0.25, 0.3) is 0 Å². The summed E-state index contributed by atoms with van der Waals surface area (Å²) >= 11 is 0. The number of hydrogen-bond acceptors (Lipinski definition) is 2. The summed E-state index contributed by atoms with van der Waals surface area (Å²) in [4.78, 5) is 8.54. The number of nitrogens with two attached hydrogens (primary N) is 2. The van der Waals surface area contributed by atoms with Crippen LogP contribution in [0.1, 0.15) is 84.5 Å². The Morgan fingerprint density at radius 3 is 1.41 bits per heavy atom. The lowest BCUT2D eigenvalue weighted by Crippen LogP contribution is -2.41. The standard InChI is InChI=1S/C17H37N5/c1-3-5-7-9-11-13-15-21-17(19)22-16(18)20-14-12-10-8-6-4-2/h3-15H2,1-2H3,(H5,18,19,20,21,22). The molecular weight excluding hydrogens is 274 g/mol. The molecule has 0 bridgehead atoms. The molecule has 0 aromatic heterocycles. The van der Waals surface area contributed by atoms with E-state index < -0.39 is 0 Å². The second-order valence-corrected chi connectivity index (χ2v) is 5.84. The topological polar surface area (TPSA) is 88.8 Å². The molecule has 0 amide bonds. The van der Waals surface area contributed by atoms with Gasteiger partial charge in [0.15, 0.2) is 11.9 Å². The maximum atomic E-state index is 5.79. The lowest BCUT2D eigenvalue weighted by molar-refractivity contribution is 0.612. The Morgan fingerprint density at radius 1 is 0.636 bits per heavy atom. The molecule has 5 heteroatoms. The largest absolute Gasteiger partial charge is 0.370 e. The summed E-state index contributed by atoms with van der Waals surface area (Å²) in [7, 11) is 0. The molecule has 0 spiro atoms. The van der Waals surface area contributed by atoms with Crippen molar-refractivity contribution in [1.29, 1.82) is 0 Å². The third-order valence-electron chi connectivity index (χ3n) is 3.59. The van der Waals surface area contributed by atoms with Crippen molar-refractivity contribution in [3.8, 4) is 0 Å². The minimum Gasteiger partial charge on any atom is -0.370 e. The molecule has 0 saturated carbocycles. The van der Waals surface area contributed by atoms with Gasteiger partial charge in [0, 0.05) is 13.1 Å². The fourth-order valence-electron chi connectivity index (χ4n) is 2.22. The Morgan fingerprint density at radius 2 is 1.00 bits per heavy atom. The summed E-state index contributed by atoms with van der Waals surface area (Å²) in [6.45, 7) is 5.96. The first-order chi connectivity index (χ1) is 10.7. The Balaban J connectivity index is 3.61. The number of hydrogen-bond donors (Lipinski definition) is 3. The van der Waals surface area contributed by atoms with Crippen molar-refractivity contribution in [2.75, 3.05) is 13.1 Å². The minimum atomic E-state index is 0.375. The highest BCUT2D eigenvalue weighted by Gasteiger charge is 1.95. The summed E-state index contributed by atoms with van der Waals surface area (Å²) < 4.78 is 0. The van der Waals surface area contributed by atoms with E-state index in [1.54, 1.807) is 0 Å². The van der Waals surface area contributed by atoms with Gasteiger partial charge in [-0.15, -0.1) is 0 Å². The van der Waals surface area contributed by atoms with Crippen molar-refractivity contribution in [3.05, 3.63) is 0 Å². The number of guanidine groups is 2. The Hall–Kier alpha value is -1.26. The molecular formula is C17H37N5. The predicted molar refractivity (Wildman–Crippen MR) is 98.2 cm³/mol. The van der Waals surface area contributed by atoms with Crippen LogP contribution in [-0.2, 0) is 0 Å². The predicted octanol–water partition coefficient (Wildman–Crippen LogP) is 3.54. The molecule has 0 saturated heterocycles. The number of unbranched alkanes of at least 4 members (excludes halogenated alkanes) is 9. The van der Waals surface area contributed by atoms with Gasteiger partial charge in [0.05, 0.1) is 0 Å². The van der Waals surface area contributed by atoms with E-state index in [0.717, 1.165) is 25.9 Å². The van der Waals surface area contributed by atoms with Crippen LogP contribution < -0.4 is 16.8 Å². The molecule has 0 atom stereocenters. The second kappa shape index (κ2) is 16.1. The molecule has 5 nitrogen and oxygen atoms in total. The highest BCUT2D eigenvalue weighted by molar-refractivity contribution is 5.96. The quantitative estimate of drug-likeness (QED) is 0.276. The monoisotopic (exact) mass is 311 g/mol. The van der Waals surface area contributed by atoms with E-state index in [-0.39, 0.29) is 0 Å². The maximum absolute atomic E-state index is 5.79. The second-order valence-electron chi connectivity index (χ2n) is 5.84. The zero-order valence-corrected chi connectivity index (χ0v) is 14.7. The average Bonchev–Trinajstić information content (AvgIpc) is 2.50. The highest BCUT2D eigenvalue weighted by atomic mass is 15.2. The molecule has 22 heavy (non-hydrogen) atoms. The fraction of sp³-hybridized carbons (Fsp3) is 0.882. The first-order valence-corrected chi connectivity index (χ1v) is 9.07. The van der Waals surface area contributed by atoms with E-state index in [1.807, 2.05) is 0 Å². The zero-order valence-electron chi connectivity index (χ0n) is 14.7. The minimum absolute atomic E-state index is 0.375. The van der Waals surface area contributed by atoms with E-state index in [2.05, 4.69) is 29.1 Å². The van der Waals surface area contributed by atoms with Crippen molar-refractivity contribution in [2.45, 2.75) is 84.5 Å². The van der Waals surface area contributed by atoms with Crippen molar-refractivity contribution in [3.63, 3.8) is 0 Å². The molecule has 5 N–H and O–H groups in total. The van der Waals surface area contributed by atoms with Gasteiger partial charge < -0.3 is 11.5 Å². The molecule has 0 aromatic rings. The average molecular weight is 312 g/mol. The Kier molecular flexibility index (Phi) is 15.2. The summed E-state index contributed by atoms with van der Waals surface area (Å²) in [6.07, 6.45) is 13.7. The summed E-state index contributed by atoms with van der Waals surface area (Å²) in [6, 6.07) is 0. The van der Waals surface area contributed by atoms with Crippen molar-refractivity contribution < 1.29 is 0 Å². The Labute approximate surface area is 137 Å². The van der Waals surface area contributed by atoms with Gasteiger partial charge in [-0.05, 0) is 12.8 Å². The molecule has 0 aliphatic heterocycles. The third-order valence-corrected chi connectivity index (χ3v) is 3.59. The van der Waals surface area contributed by atoms with Gasteiger partial charge in [0.2, 0.25) is 0 Å². The van der Waals surface area contributed by atoms with Gasteiger partial charge in [-0.25, -0.2) is 0 Å². The molecule has 0 rings (SSSR count). The van der Waals surface area contributed by atoms with E-state index in [1.165, 1.54) is 57.8 Å². The van der Waals surface area contributed by atoms with Crippen LogP contribution in [0.5, 0.6) is 0 Å². The molecule has 0 aliphatic rings. The molecule has 0 fully saturated rings. The number of aliphatic imine (C=N–C) groups is 2. The highest BCUT2D eigenvalue weighted by Crippen LogP contribution is 2.04. The maximum Gasteiger partial charge on any atom is 0.195 e. The summed E-state index contributed by atoms with van der Waals surface area (Å²) in [5.41, 5.74) is 11.6. The molecule has 0 radical (unpaired) electrons. The first-order valence-electron chi connectivity index (χ1n) is 9.07. The third kappa shape index (κ3) is 15.1. The normalized spacial score (nSPS) is 12.6. The van der Waals surface area contributed by atoms with E-state index in [9.17, 15) is 0 Å². The van der Waals surface area contributed by atoms with Crippen LogP contribution in [0.15, 0.2) is 9.98 Å². The zero-order chi connectivity index (χ0) is 16.5.